The molecule has 0 N–H and O–H groups in total. The van der Waals surface area contributed by atoms with E-state index < -0.39 is 6.27 Å². The highest BCUT2D eigenvalue weighted by Gasteiger charge is 2.02. The molecule has 6 heavy (non-hydrogen) atoms. The maximum atomic E-state index is 11.6. The zero-order chi connectivity index (χ0) is 4.99. The lowest BCUT2D eigenvalue weighted by molar-refractivity contribution is 0.869. The second-order valence-electron chi connectivity index (χ2n) is 0.714. The van der Waals surface area contributed by atoms with Gasteiger partial charge in [0.05, 0.1) is 0 Å². The van der Waals surface area contributed by atoms with Crippen LogP contribution in [0.1, 0.15) is 0 Å². The van der Waals surface area contributed by atoms with Gasteiger partial charge in [0.1, 0.15) is 0 Å². The molecular formula is CH4BFS3. The van der Waals surface area contributed by atoms with Crippen LogP contribution >= 0.6 is 32.1 Å². The third-order valence-corrected chi connectivity index (χ3v) is 2.36. The van der Waals surface area contributed by atoms with Crippen molar-refractivity contribution in [3.63, 3.8) is 0 Å². The second kappa shape index (κ2) is 4.21. The van der Waals surface area contributed by atoms with Crippen molar-refractivity contribution in [2.45, 2.75) is 6.82 Å². The Morgan fingerprint density at radius 1 is 1.83 bits per heavy atom. The fraction of sp³-hybridized carbons (Fsp3) is 1.00. The summed E-state index contributed by atoms with van der Waals surface area (Å²) in [7, 11) is 2.25. The Hall–Kier alpha value is 1.04. The van der Waals surface area contributed by atoms with Gasteiger partial charge in [-0.15, -0.1) is 11.7 Å². The quantitative estimate of drug-likeness (QED) is 0.357. The molecule has 0 spiro atoms. The highest BCUT2D eigenvalue weighted by Crippen LogP contribution is 2.27. The van der Waals surface area contributed by atoms with Crippen molar-refractivity contribution in [1.82, 2.24) is 0 Å². The molecule has 0 atom stereocenters. The Balaban J connectivity index is 2.63. The standard InChI is InChI=1S/CH4BFS3/c1-2(3)5-6-4/h4H,1H3. The lowest BCUT2D eigenvalue weighted by Gasteiger charge is -1.85. The van der Waals surface area contributed by atoms with E-state index in [-0.39, 0.29) is 0 Å². The normalized spacial score (nSPS) is 8.50. The molecule has 0 aromatic heterocycles. The van der Waals surface area contributed by atoms with Crippen LogP contribution in [0.4, 0.5) is 4.32 Å². The van der Waals surface area contributed by atoms with Gasteiger partial charge in [0.2, 0.25) is 0 Å². The molecule has 0 nitrogen and oxygen atoms in total. The van der Waals surface area contributed by atoms with Crippen LogP contribution in [0.5, 0.6) is 0 Å². The summed E-state index contributed by atoms with van der Waals surface area (Å²) in [6.45, 7) is 1.48. The summed E-state index contributed by atoms with van der Waals surface area (Å²) in [4.78, 5) is 0. The maximum Gasteiger partial charge on any atom is 0.420 e. The van der Waals surface area contributed by atoms with Gasteiger partial charge in [-0.05, 0) is 16.6 Å². The smallest absolute Gasteiger partial charge is 0.319 e. The van der Waals surface area contributed by atoms with Crippen LogP contribution in [0.3, 0.4) is 0 Å². The van der Waals surface area contributed by atoms with Crippen molar-refractivity contribution >= 4 is 38.4 Å². The van der Waals surface area contributed by atoms with Gasteiger partial charge in [0.25, 0.3) is 0 Å². The molecule has 0 aromatic carbocycles. The van der Waals surface area contributed by atoms with Crippen molar-refractivity contribution in [3.05, 3.63) is 0 Å². The summed E-state index contributed by atoms with van der Waals surface area (Å²) in [6.07, 6.45) is -0.799. The minimum absolute atomic E-state index is 0.799. The van der Waals surface area contributed by atoms with Gasteiger partial charge in [-0.1, -0.05) is 10.6 Å². The van der Waals surface area contributed by atoms with Crippen LogP contribution in [0.25, 0.3) is 0 Å². The van der Waals surface area contributed by atoms with Crippen molar-refractivity contribution < 1.29 is 4.32 Å². The van der Waals surface area contributed by atoms with E-state index in [4.69, 9.17) is 0 Å². The first-order valence-corrected chi connectivity index (χ1v) is 4.65. The summed E-state index contributed by atoms with van der Waals surface area (Å²) >= 11 is 3.70. The SMILES string of the molecule is CB(F)SSS. The van der Waals surface area contributed by atoms with Crippen molar-refractivity contribution in [2.24, 2.45) is 0 Å². The van der Waals surface area contributed by atoms with E-state index in [1.165, 1.54) is 6.82 Å². The Bertz CT molecular complexity index is 32.0. The molecule has 0 aromatic rings. The number of hydrogen-bond acceptors (Lipinski definition) is 3. The summed E-state index contributed by atoms with van der Waals surface area (Å²) in [5, 5.41) is 0. The Kier molecular flexibility index (Phi) is 4.94. The van der Waals surface area contributed by atoms with Gasteiger partial charge in [0, 0.05) is 0 Å². The van der Waals surface area contributed by atoms with Crippen LogP contribution in [-0.2, 0) is 0 Å². The van der Waals surface area contributed by atoms with Gasteiger partial charge < -0.3 is 4.32 Å². The first kappa shape index (κ1) is 7.04. The highest BCUT2D eigenvalue weighted by atomic mass is 33.5. The summed E-state index contributed by atoms with van der Waals surface area (Å²) in [5.74, 6) is 0. The molecule has 5 heteroatoms. The van der Waals surface area contributed by atoms with E-state index in [2.05, 4.69) is 11.7 Å². The average molecular weight is 142 g/mol. The van der Waals surface area contributed by atoms with Gasteiger partial charge in [-0.3, -0.25) is 0 Å². The number of rotatable bonds is 2. The molecule has 0 fully saturated rings. The molecule has 0 aliphatic rings. The molecule has 0 unspecified atom stereocenters. The molecule has 0 aliphatic carbocycles. The molecule has 0 radical (unpaired) electrons. The topological polar surface area (TPSA) is 0 Å². The van der Waals surface area contributed by atoms with Gasteiger partial charge in [-0.2, -0.15) is 0 Å². The molecule has 0 amide bonds. The van der Waals surface area contributed by atoms with E-state index in [1.807, 2.05) is 0 Å². The summed E-state index contributed by atoms with van der Waals surface area (Å²) in [6, 6.07) is 0. The van der Waals surface area contributed by atoms with E-state index in [1.54, 1.807) is 0 Å². The van der Waals surface area contributed by atoms with Gasteiger partial charge in [0.15, 0.2) is 0 Å². The molecule has 0 saturated heterocycles. The fourth-order valence-electron chi connectivity index (χ4n) is 0.0593. The lowest BCUT2D eigenvalue weighted by Crippen LogP contribution is -1.82. The largest absolute Gasteiger partial charge is 0.420 e. The van der Waals surface area contributed by atoms with E-state index in [0.29, 0.717) is 0 Å². The summed E-state index contributed by atoms with van der Waals surface area (Å²) < 4.78 is 11.6. The van der Waals surface area contributed by atoms with Crippen LogP contribution in [0, 0.1) is 0 Å². The molecule has 36 valence electrons. The predicted molar refractivity (Wildman–Crippen MR) is 36.9 cm³/mol. The Labute approximate surface area is 49.9 Å². The maximum absolute atomic E-state index is 11.6. The first-order chi connectivity index (χ1) is 2.77. The fourth-order valence-corrected chi connectivity index (χ4v) is 1.60. The predicted octanol–water partition coefficient (Wildman–Crippen LogP) is 2.30. The number of thiol groups is 1. The molecule has 0 aliphatic heterocycles. The van der Waals surface area contributed by atoms with E-state index in [0.717, 1.165) is 20.5 Å². The number of halogens is 1. The Morgan fingerprint density at radius 2 is 2.33 bits per heavy atom. The third-order valence-electron chi connectivity index (χ3n) is 0.176. The molecule has 0 rings (SSSR count). The van der Waals surface area contributed by atoms with Crippen molar-refractivity contribution in [3.8, 4) is 0 Å². The highest BCUT2D eigenvalue weighted by molar-refractivity contribution is 9.10. The van der Waals surface area contributed by atoms with Crippen LogP contribution < -0.4 is 0 Å². The van der Waals surface area contributed by atoms with Gasteiger partial charge >= 0.3 is 6.27 Å². The molecule has 0 bridgehead atoms. The van der Waals surface area contributed by atoms with Crippen LogP contribution in [0.2, 0.25) is 6.82 Å². The molecule has 0 saturated carbocycles. The Morgan fingerprint density at radius 3 is 2.33 bits per heavy atom. The van der Waals surface area contributed by atoms with E-state index in [9.17, 15) is 4.32 Å². The second-order valence-corrected chi connectivity index (χ2v) is 4.07. The van der Waals surface area contributed by atoms with Crippen LogP contribution in [-0.4, -0.2) is 6.27 Å². The molecular weight excluding hydrogens is 138 g/mol. The van der Waals surface area contributed by atoms with Crippen molar-refractivity contribution in [1.29, 1.82) is 0 Å². The zero-order valence-corrected chi connectivity index (χ0v) is 5.75. The minimum atomic E-state index is -0.799. The van der Waals surface area contributed by atoms with Crippen LogP contribution in [0.15, 0.2) is 0 Å². The monoisotopic (exact) mass is 142 g/mol. The molecule has 0 heterocycles. The number of hydrogen-bond donors (Lipinski definition) is 1. The lowest BCUT2D eigenvalue weighted by atomic mass is 10.1. The summed E-state index contributed by atoms with van der Waals surface area (Å²) in [5.41, 5.74) is 0. The average Bonchev–Trinajstić information content (AvgIpc) is 1.35. The zero-order valence-electron chi connectivity index (χ0n) is 3.22. The first-order valence-electron chi connectivity index (χ1n) is 1.38. The van der Waals surface area contributed by atoms with Crippen molar-refractivity contribution in [2.75, 3.05) is 0 Å². The minimum Gasteiger partial charge on any atom is -0.319 e. The van der Waals surface area contributed by atoms with Gasteiger partial charge in [-0.25, -0.2) is 0 Å². The van der Waals surface area contributed by atoms with E-state index >= 15 is 0 Å². The third kappa shape index (κ3) is 5.04.